The van der Waals surface area contributed by atoms with E-state index in [1.54, 1.807) is 12.1 Å². The van der Waals surface area contributed by atoms with E-state index in [4.69, 9.17) is 16.3 Å². The first-order valence-electron chi connectivity index (χ1n) is 5.14. The molecule has 0 spiro atoms. The maximum Gasteiger partial charge on any atom is 0.255 e. The number of morpholine rings is 1. The zero-order valence-electron chi connectivity index (χ0n) is 8.80. The van der Waals surface area contributed by atoms with Crippen LogP contribution in [0.3, 0.4) is 0 Å². The van der Waals surface area contributed by atoms with Crippen molar-refractivity contribution >= 4 is 27.5 Å². The number of ether oxygens (including phenoxy) is 1. The van der Waals surface area contributed by atoms with Gasteiger partial charge in [-0.25, -0.2) is 8.78 Å². The van der Waals surface area contributed by atoms with Crippen molar-refractivity contribution in [3.63, 3.8) is 0 Å². The molecule has 2 rings (SSSR count). The van der Waals surface area contributed by atoms with Crippen molar-refractivity contribution in [2.24, 2.45) is 0 Å². The number of hydrogen-bond donors (Lipinski definition) is 1. The molecule has 1 fully saturated rings. The Bertz CT molecular complexity index is 385. The van der Waals surface area contributed by atoms with Gasteiger partial charge in [-0.2, -0.15) is 0 Å². The molecule has 1 saturated heterocycles. The molecule has 0 bridgehead atoms. The predicted octanol–water partition coefficient (Wildman–Crippen LogP) is 3.40. The van der Waals surface area contributed by atoms with Gasteiger partial charge in [0.05, 0.1) is 25.3 Å². The molecule has 1 N–H and O–H groups in total. The van der Waals surface area contributed by atoms with Gasteiger partial charge in [0.15, 0.2) is 0 Å². The van der Waals surface area contributed by atoms with Crippen LogP contribution < -0.4 is 5.32 Å². The van der Waals surface area contributed by atoms with Gasteiger partial charge in [0.25, 0.3) is 6.43 Å². The Hall–Kier alpha value is -0.230. The Morgan fingerprint density at radius 2 is 2.12 bits per heavy atom. The summed E-state index contributed by atoms with van der Waals surface area (Å²) < 4.78 is 31.2. The van der Waals surface area contributed by atoms with Gasteiger partial charge >= 0.3 is 0 Å². The van der Waals surface area contributed by atoms with Gasteiger partial charge in [0.1, 0.15) is 0 Å². The van der Waals surface area contributed by atoms with Crippen molar-refractivity contribution in [2.75, 3.05) is 13.2 Å². The zero-order valence-corrected chi connectivity index (χ0v) is 11.1. The van der Waals surface area contributed by atoms with E-state index in [9.17, 15) is 8.78 Å². The molecule has 1 aliphatic rings. The zero-order chi connectivity index (χ0) is 12.4. The van der Waals surface area contributed by atoms with Crippen molar-refractivity contribution in [1.82, 2.24) is 5.32 Å². The lowest BCUT2D eigenvalue weighted by atomic mass is 10.1. The molecule has 2 atom stereocenters. The van der Waals surface area contributed by atoms with Crippen LogP contribution in [0.4, 0.5) is 8.78 Å². The van der Waals surface area contributed by atoms with E-state index in [0.717, 1.165) is 10.0 Å². The lowest BCUT2D eigenvalue weighted by molar-refractivity contribution is -0.0176. The van der Waals surface area contributed by atoms with Crippen molar-refractivity contribution < 1.29 is 13.5 Å². The van der Waals surface area contributed by atoms with Crippen LogP contribution in [0.25, 0.3) is 0 Å². The second-order valence-electron chi connectivity index (χ2n) is 3.90. The molecule has 94 valence electrons. The minimum Gasteiger partial charge on any atom is -0.378 e. The Balaban J connectivity index is 2.16. The van der Waals surface area contributed by atoms with E-state index >= 15 is 0 Å². The summed E-state index contributed by atoms with van der Waals surface area (Å²) in [4.78, 5) is 0. The van der Waals surface area contributed by atoms with Crippen LogP contribution in [0.2, 0.25) is 5.02 Å². The average molecular weight is 327 g/mol. The van der Waals surface area contributed by atoms with Gasteiger partial charge in [0.2, 0.25) is 0 Å². The summed E-state index contributed by atoms with van der Waals surface area (Å²) in [7, 11) is 0. The fourth-order valence-corrected chi connectivity index (χ4v) is 2.67. The average Bonchev–Trinajstić information content (AvgIpc) is 2.28. The topological polar surface area (TPSA) is 21.3 Å². The summed E-state index contributed by atoms with van der Waals surface area (Å²) in [5, 5.41) is 3.43. The second kappa shape index (κ2) is 5.61. The third-order valence-electron chi connectivity index (χ3n) is 2.59. The molecule has 0 aromatic heterocycles. The molecule has 0 radical (unpaired) electrons. The van der Waals surface area contributed by atoms with E-state index < -0.39 is 12.5 Å². The van der Waals surface area contributed by atoms with Crippen LogP contribution in [0, 0.1) is 0 Å². The van der Waals surface area contributed by atoms with E-state index in [2.05, 4.69) is 21.2 Å². The van der Waals surface area contributed by atoms with E-state index in [0.29, 0.717) is 11.6 Å². The molecular weight excluding hydrogens is 315 g/mol. The normalized spacial score (nSPS) is 25.2. The summed E-state index contributed by atoms with van der Waals surface area (Å²) in [6.45, 7) is 0.409. The van der Waals surface area contributed by atoms with Crippen molar-refractivity contribution in [3.05, 3.63) is 33.3 Å². The van der Waals surface area contributed by atoms with E-state index in [-0.39, 0.29) is 12.6 Å². The summed E-state index contributed by atoms with van der Waals surface area (Å²) in [6.07, 6.45) is -2.43. The molecule has 1 aliphatic heterocycles. The molecule has 1 heterocycles. The minimum absolute atomic E-state index is 0.0376. The highest BCUT2D eigenvalue weighted by Crippen LogP contribution is 2.26. The standard InChI is InChI=1S/C11H11BrClF2NO/c12-7-1-6(2-8(13)3-7)9-4-17-5-10(16-9)11(14)15/h1-3,9-11,16H,4-5H2/t9-,10-/m0/s1. The van der Waals surface area contributed by atoms with Crippen molar-refractivity contribution in [3.8, 4) is 0 Å². The van der Waals surface area contributed by atoms with Gasteiger partial charge in [-0.3, -0.25) is 5.32 Å². The number of hydrogen-bond acceptors (Lipinski definition) is 2. The first-order chi connectivity index (χ1) is 8.06. The summed E-state index contributed by atoms with van der Waals surface area (Å²) in [5.41, 5.74) is 0.842. The van der Waals surface area contributed by atoms with Crippen molar-refractivity contribution in [1.29, 1.82) is 0 Å². The van der Waals surface area contributed by atoms with Crippen LogP contribution in [-0.4, -0.2) is 25.7 Å². The van der Waals surface area contributed by atoms with Crippen LogP contribution in [0.15, 0.2) is 22.7 Å². The molecule has 0 amide bonds. The Kier molecular flexibility index (Phi) is 4.36. The van der Waals surface area contributed by atoms with Gasteiger partial charge in [-0.15, -0.1) is 0 Å². The van der Waals surface area contributed by atoms with Gasteiger partial charge < -0.3 is 4.74 Å². The SMILES string of the molecule is FC(F)[C@@H]1COC[C@@H](c2cc(Cl)cc(Br)c2)N1. The molecule has 17 heavy (non-hydrogen) atoms. The lowest BCUT2D eigenvalue weighted by Gasteiger charge is -2.31. The molecule has 2 nitrogen and oxygen atoms in total. The maximum atomic E-state index is 12.6. The van der Waals surface area contributed by atoms with Gasteiger partial charge in [-0.05, 0) is 23.8 Å². The van der Waals surface area contributed by atoms with Gasteiger partial charge in [0, 0.05) is 9.50 Å². The second-order valence-corrected chi connectivity index (χ2v) is 5.25. The number of nitrogens with one attached hydrogen (secondary N) is 1. The molecule has 0 unspecified atom stereocenters. The Labute approximate surface area is 111 Å². The van der Waals surface area contributed by atoms with Crippen LogP contribution in [0.1, 0.15) is 11.6 Å². The van der Waals surface area contributed by atoms with Crippen LogP contribution in [0.5, 0.6) is 0 Å². The maximum absolute atomic E-state index is 12.6. The minimum atomic E-state index is -2.43. The van der Waals surface area contributed by atoms with Crippen LogP contribution >= 0.6 is 27.5 Å². The Morgan fingerprint density at radius 1 is 1.35 bits per heavy atom. The first-order valence-corrected chi connectivity index (χ1v) is 6.31. The Morgan fingerprint density at radius 3 is 2.76 bits per heavy atom. The summed E-state index contributed by atoms with van der Waals surface area (Å²) in [5.74, 6) is 0. The van der Waals surface area contributed by atoms with E-state index in [1.807, 2.05) is 6.07 Å². The highest BCUT2D eigenvalue weighted by atomic mass is 79.9. The number of rotatable bonds is 2. The van der Waals surface area contributed by atoms with Gasteiger partial charge in [-0.1, -0.05) is 27.5 Å². The monoisotopic (exact) mass is 325 g/mol. The third-order valence-corrected chi connectivity index (χ3v) is 3.26. The fraction of sp³-hybridized carbons (Fsp3) is 0.455. The lowest BCUT2D eigenvalue weighted by Crippen LogP contribution is -2.47. The number of alkyl halides is 2. The van der Waals surface area contributed by atoms with Crippen LogP contribution in [-0.2, 0) is 4.74 Å². The summed E-state index contributed by atoms with van der Waals surface area (Å²) in [6, 6.07) is 4.17. The quantitative estimate of drug-likeness (QED) is 0.899. The molecule has 1 aromatic rings. The summed E-state index contributed by atoms with van der Waals surface area (Å²) >= 11 is 9.24. The number of benzene rings is 1. The molecule has 0 saturated carbocycles. The largest absolute Gasteiger partial charge is 0.378 e. The number of halogens is 4. The highest BCUT2D eigenvalue weighted by molar-refractivity contribution is 9.10. The molecule has 1 aromatic carbocycles. The smallest absolute Gasteiger partial charge is 0.255 e. The first kappa shape index (κ1) is 13.2. The molecule has 0 aliphatic carbocycles. The highest BCUT2D eigenvalue weighted by Gasteiger charge is 2.29. The molecular formula is C11H11BrClF2NO. The van der Waals surface area contributed by atoms with E-state index in [1.165, 1.54) is 0 Å². The third kappa shape index (κ3) is 3.37. The predicted molar refractivity (Wildman–Crippen MR) is 65.6 cm³/mol. The van der Waals surface area contributed by atoms with Crippen molar-refractivity contribution in [2.45, 2.75) is 18.5 Å². The molecule has 6 heteroatoms. The fourth-order valence-electron chi connectivity index (χ4n) is 1.78.